The van der Waals surface area contributed by atoms with Gasteiger partial charge in [-0.05, 0) is 103 Å². The summed E-state index contributed by atoms with van der Waals surface area (Å²) < 4.78 is 4.66. The van der Waals surface area contributed by atoms with Crippen molar-refractivity contribution >= 4 is 61.8 Å². The van der Waals surface area contributed by atoms with Gasteiger partial charge < -0.3 is 4.57 Å². The Bertz CT molecular complexity index is 3510. The Morgan fingerprint density at radius 1 is 0.390 bits per heavy atom. The molecule has 0 saturated heterocycles. The summed E-state index contributed by atoms with van der Waals surface area (Å²) in [5.74, 6) is 0.907. The van der Waals surface area contributed by atoms with Gasteiger partial charge in [-0.1, -0.05) is 152 Å². The number of hydrogen-bond donors (Lipinski definition) is 0. The smallest absolute Gasteiger partial charge is 0.182 e. The van der Waals surface area contributed by atoms with Crippen molar-refractivity contribution in [2.45, 2.75) is 0 Å². The van der Waals surface area contributed by atoms with Crippen molar-refractivity contribution in [2.24, 2.45) is 0 Å². The number of imidazole rings is 1. The molecule has 59 heavy (non-hydrogen) atoms. The molecule has 11 aromatic rings. The van der Waals surface area contributed by atoms with E-state index in [9.17, 15) is 0 Å². The average molecular weight is 767 g/mol. The van der Waals surface area contributed by atoms with Crippen LogP contribution in [0.15, 0.2) is 206 Å². The van der Waals surface area contributed by atoms with Gasteiger partial charge in [0.05, 0.1) is 11.0 Å². The SMILES string of the molecule is c1ccc(-n2c(-c3cccc4c3-c3ccccc3[Si]43c4ccccc4-c4c(-c5ccc6c7ccccc7n(-c7ccccc7)c6c5)cccc43)nc3cccnc32)cc1. The molecule has 0 saturated carbocycles. The van der Waals surface area contributed by atoms with Gasteiger partial charge in [-0.3, -0.25) is 4.57 Å². The van der Waals surface area contributed by atoms with Gasteiger partial charge in [0.2, 0.25) is 0 Å². The third kappa shape index (κ3) is 4.32. The quantitative estimate of drug-likeness (QED) is 0.167. The van der Waals surface area contributed by atoms with E-state index in [1.807, 2.05) is 12.3 Å². The van der Waals surface area contributed by atoms with Crippen LogP contribution >= 0.6 is 0 Å². The molecule has 13 rings (SSSR count). The minimum Gasteiger partial charge on any atom is -0.309 e. The number of aromatic nitrogens is 4. The monoisotopic (exact) mass is 766 g/mol. The maximum absolute atomic E-state index is 5.35. The first-order chi connectivity index (χ1) is 29.3. The van der Waals surface area contributed by atoms with Gasteiger partial charge in [0, 0.05) is 33.9 Å². The number of pyridine rings is 1. The fourth-order valence-corrected chi connectivity index (χ4v) is 16.2. The van der Waals surface area contributed by atoms with Gasteiger partial charge in [-0.25, -0.2) is 9.97 Å². The molecule has 5 heterocycles. The Morgan fingerprint density at radius 3 is 1.68 bits per heavy atom. The van der Waals surface area contributed by atoms with E-state index in [0.29, 0.717) is 0 Å². The molecule has 0 bridgehead atoms. The summed E-state index contributed by atoms with van der Waals surface area (Å²) in [5, 5.41) is 8.27. The molecular formula is C54H34N4Si. The Hall–Kier alpha value is -7.60. The lowest BCUT2D eigenvalue weighted by Crippen LogP contribution is -2.70. The molecule has 8 aromatic carbocycles. The second kappa shape index (κ2) is 12.2. The van der Waals surface area contributed by atoms with Crippen molar-refractivity contribution in [1.29, 1.82) is 0 Å². The topological polar surface area (TPSA) is 35.6 Å². The number of hydrogen-bond acceptors (Lipinski definition) is 2. The molecule has 0 radical (unpaired) electrons. The first-order valence-electron chi connectivity index (χ1n) is 20.3. The van der Waals surface area contributed by atoms with Gasteiger partial charge in [0.25, 0.3) is 0 Å². The molecule has 1 spiro atoms. The van der Waals surface area contributed by atoms with E-state index in [4.69, 9.17) is 9.97 Å². The van der Waals surface area contributed by atoms with E-state index in [1.54, 1.807) is 0 Å². The summed E-state index contributed by atoms with van der Waals surface area (Å²) >= 11 is 0. The predicted molar refractivity (Wildman–Crippen MR) is 246 cm³/mol. The Balaban J connectivity index is 1.09. The van der Waals surface area contributed by atoms with Crippen LogP contribution in [0.5, 0.6) is 0 Å². The van der Waals surface area contributed by atoms with Crippen molar-refractivity contribution < 1.29 is 0 Å². The zero-order chi connectivity index (χ0) is 38.7. The molecule has 3 aromatic heterocycles. The van der Waals surface area contributed by atoms with Crippen LogP contribution in [0.25, 0.3) is 89.1 Å². The van der Waals surface area contributed by atoms with Crippen LogP contribution < -0.4 is 20.7 Å². The molecule has 5 heteroatoms. The number of benzene rings is 8. The minimum atomic E-state index is -2.82. The summed E-state index contributed by atoms with van der Waals surface area (Å²) in [6, 6.07) is 73.7. The van der Waals surface area contributed by atoms with Crippen LogP contribution in [0.2, 0.25) is 0 Å². The molecule has 0 aliphatic carbocycles. The highest BCUT2D eigenvalue weighted by molar-refractivity contribution is 7.24. The fraction of sp³-hybridized carbons (Fsp3) is 0. The fourth-order valence-electron chi connectivity index (χ4n) is 10.6. The summed E-state index contributed by atoms with van der Waals surface area (Å²) in [6.07, 6.45) is 1.86. The zero-order valence-corrected chi connectivity index (χ0v) is 32.9. The minimum absolute atomic E-state index is 0.856. The van der Waals surface area contributed by atoms with Crippen LogP contribution in [0.3, 0.4) is 0 Å². The van der Waals surface area contributed by atoms with Crippen molar-refractivity contribution in [1.82, 2.24) is 19.1 Å². The summed E-state index contributed by atoms with van der Waals surface area (Å²) in [4.78, 5) is 10.2. The molecule has 2 aliphatic rings. The Morgan fingerprint density at radius 2 is 0.949 bits per heavy atom. The molecule has 1 atom stereocenters. The summed E-state index contributed by atoms with van der Waals surface area (Å²) in [7, 11) is -2.82. The third-order valence-electron chi connectivity index (χ3n) is 12.8. The van der Waals surface area contributed by atoms with Crippen molar-refractivity contribution in [2.75, 3.05) is 0 Å². The molecule has 0 fully saturated rings. The van der Waals surface area contributed by atoms with Gasteiger partial charge in [-0.15, -0.1) is 0 Å². The molecule has 0 amide bonds. The lowest BCUT2D eigenvalue weighted by Gasteiger charge is -2.28. The largest absolute Gasteiger partial charge is 0.309 e. The highest BCUT2D eigenvalue weighted by Gasteiger charge is 2.55. The van der Waals surface area contributed by atoms with Gasteiger partial charge in [-0.2, -0.15) is 0 Å². The maximum atomic E-state index is 5.35. The van der Waals surface area contributed by atoms with E-state index in [1.165, 1.54) is 75.9 Å². The van der Waals surface area contributed by atoms with Crippen LogP contribution in [-0.4, -0.2) is 27.2 Å². The van der Waals surface area contributed by atoms with Crippen molar-refractivity contribution in [3.63, 3.8) is 0 Å². The van der Waals surface area contributed by atoms with Crippen LogP contribution in [0.1, 0.15) is 0 Å². The second-order valence-electron chi connectivity index (χ2n) is 15.7. The number of fused-ring (bicyclic) bond motifs is 14. The van der Waals surface area contributed by atoms with E-state index in [2.05, 4.69) is 203 Å². The number of nitrogens with zero attached hydrogens (tertiary/aromatic N) is 4. The molecule has 1 unspecified atom stereocenters. The van der Waals surface area contributed by atoms with Crippen molar-refractivity contribution in [3.05, 3.63) is 206 Å². The van der Waals surface area contributed by atoms with E-state index in [0.717, 1.165) is 33.9 Å². The Kier molecular flexibility index (Phi) is 6.72. The van der Waals surface area contributed by atoms with Gasteiger partial charge in [0.15, 0.2) is 13.7 Å². The standard InChI is InChI=1S/C54H34N4Si/c1-3-16-36(17-4-1)57-45-26-10-7-20-39(45)40-32-31-35(34-46(40)57)38-23-13-29-49-51(38)41-21-8-11-27-47(41)59(49)48-28-12-9-22-42(48)52-43(24-14-30-50(52)59)53-56-44-25-15-33-55-54(44)58(53)37-18-5-2-6-19-37/h1-34H. The maximum Gasteiger partial charge on any atom is 0.182 e. The zero-order valence-electron chi connectivity index (χ0n) is 31.9. The number of rotatable bonds is 4. The van der Waals surface area contributed by atoms with Crippen LogP contribution in [0, 0.1) is 0 Å². The molecule has 2 aliphatic heterocycles. The first-order valence-corrected chi connectivity index (χ1v) is 22.3. The normalized spacial score (nSPS) is 14.8. The average Bonchev–Trinajstić information content (AvgIpc) is 4.03. The summed E-state index contributed by atoms with van der Waals surface area (Å²) in [5.41, 5.74) is 15.3. The van der Waals surface area contributed by atoms with Crippen LogP contribution in [-0.2, 0) is 0 Å². The Labute approximate surface area is 342 Å². The van der Waals surface area contributed by atoms with Crippen LogP contribution in [0.4, 0.5) is 0 Å². The molecule has 274 valence electrons. The van der Waals surface area contributed by atoms with Gasteiger partial charge in [0.1, 0.15) is 11.3 Å². The lowest BCUT2D eigenvalue weighted by molar-refractivity contribution is 1.08. The number of para-hydroxylation sites is 3. The molecule has 4 nitrogen and oxygen atoms in total. The van der Waals surface area contributed by atoms with Crippen molar-refractivity contribution in [3.8, 4) is 56.1 Å². The van der Waals surface area contributed by atoms with E-state index in [-0.39, 0.29) is 0 Å². The van der Waals surface area contributed by atoms with E-state index >= 15 is 0 Å². The lowest BCUT2D eigenvalue weighted by atomic mass is 9.94. The third-order valence-corrected chi connectivity index (χ3v) is 17.7. The second-order valence-corrected chi connectivity index (χ2v) is 19.3. The summed E-state index contributed by atoms with van der Waals surface area (Å²) in [6.45, 7) is 0. The van der Waals surface area contributed by atoms with E-state index < -0.39 is 8.07 Å². The van der Waals surface area contributed by atoms with Gasteiger partial charge >= 0.3 is 0 Å². The first kappa shape index (κ1) is 32.5. The highest BCUT2D eigenvalue weighted by atomic mass is 28.3. The predicted octanol–water partition coefficient (Wildman–Crippen LogP) is 10.2. The molecular weight excluding hydrogens is 733 g/mol. The molecule has 0 N–H and O–H groups in total. The highest BCUT2D eigenvalue weighted by Crippen LogP contribution is 2.44.